The van der Waals surface area contributed by atoms with E-state index in [1.165, 1.54) is 12.7 Å². The first kappa shape index (κ1) is 14.9. The summed E-state index contributed by atoms with van der Waals surface area (Å²) in [6.07, 6.45) is 1.01. The van der Waals surface area contributed by atoms with E-state index in [-0.39, 0.29) is 5.91 Å². The molecule has 0 aliphatic rings. The minimum absolute atomic E-state index is 0.196. The lowest BCUT2D eigenvalue weighted by molar-refractivity contribution is 0.0948. The summed E-state index contributed by atoms with van der Waals surface area (Å²) >= 11 is 0. The number of nitrogens with one attached hydrogen (secondary N) is 1. The normalized spacial score (nSPS) is 10.2. The zero-order chi connectivity index (χ0) is 15.2. The van der Waals surface area contributed by atoms with Crippen LogP contribution in [0.5, 0.6) is 5.75 Å². The van der Waals surface area contributed by atoms with Gasteiger partial charge in [-0.05, 0) is 35.7 Å². The highest BCUT2D eigenvalue weighted by Crippen LogP contribution is 2.21. The van der Waals surface area contributed by atoms with Gasteiger partial charge < -0.3 is 15.8 Å². The summed E-state index contributed by atoms with van der Waals surface area (Å²) in [5.41, 5.74) is 9.04. The monoisotopic (exact) mass is 284 g/mol. The van der Waals surface area contributed by atoms with Crippen LogP contribution in [0.15, 0.2) is 42.5 Å². The maximum atomic E-state index is 12.2. The number of hydrogen-bond acceptors (Lipinski definition) is 3. The van der Waals surface area contributed by atoms with E-state index in [2.05, 4.69) is 24.4 Å². The number of methoxy groups -OCH3 is 1. The molecule has 0 heterocycles. The van der Waals surface area contributed by atoms with Crippen molar-refractivity contribution in [2.24, 2.45) is 0 Å². The molecular weight excluding hydrogens is 264 g/mol. The number of carbonyl (C=O) groups excluding carboxylic acids is 1. The van der Waals surface area contributed by atoms with Crippen molar-refractivity contribution in [2.75, 3.05) is 12.8 Å². The van der Waals surface area contributed by atoms with Crippen LogP contribution >= 0.6 is 0 Å². The molecule has 2 aromatic rings. The van der Waals surface area contributed by atoms with Crippen LogP contribution in [0.4, 0.5) is 5.69 Å². The number of amides is 1. The molecule has 0 atom stereocenters. The van der Waals surface area contributed by atoms with E-state index < -0.39 is 0 Å². The predicted molar refractivity (Wildman–Crippen MR) is 84.4 cm³/mol. The Balaban J connectivity index is 2.05. The van der Waals surface area contributed by atoms with Crippen LogP contribution in [0.1, 0.15) is 28.4 Å². The van der Waals surface area contributed by atoms with Crippen LogP contribution in [0.25, 0.3) is 0 Å². The topological polar surface area (TPSA) is 64.4 Å². The van der Waals surface area contributed by atoms with E-state index in [0.29, 0.717) is 23.5 Å². The lowest BCUT2D eigenvalue weighted by Crippen LogP contribution is -2.23. The number of nitrogens with two attached hydrogens (primary N) is 1. The number of ether oxygens (including phenoxy) is 1. The average Bonchev–Trinajstić information content (AvgIpc) is 2.53. The van der Waals surface area contributed by atoms with E-state index in [0.717, 1.165) is 12.0 Å². The van der Waals surface area contributed by atoms with Crippen molar-refractivity contribution in [3.63, 3.8) is 0 Å². The predicted octanol–water partition coefficient (Wildman–Crippen LogP) is 2.77. The first-order valence-corrected chi connectivity index (χ1v) is 6.93. The highest BCUT2D eigenvalue weighted by molar-refractivity contribution is 5.97. The quantitative estimate of drug-likeness (QED) is 0.830. The smallest absolute Gasteiger partial charge is 0.255 e. The molecule has 4 nitrogen and oxygen atoms in total. The number of nitrogen functional groups attached to an aromatic ring is 1. The number of rotatable bonds is 5. The molecule has 0 aliphatic heterocycles. The van der Waals surface area contributed by atoms with Crippen molar-refractivity contribution in [2.45, 2.75) is 19.9 Å². The van der Waals surface area contributed by atoms with Gasteiger partial charge in [0.25, 0.3) is 5.91 Å². The third kappa shape index (κ3) is 3.75. The van der Waals surface area contributed by atoms with Gasteiger partial charge in [0.15, 0.2) is 0 Å². The Kier molecular flexibility index (Phi) is 4.82. The second-order valence-corrected chi connectivity index (χ2v) is 4.81. The van der Waals surface area contributed by atoms with Gasteiger partial charge in [-0.25, -0.2) is 0 Å². The number of benzene rings is 2. The lowest BCUT2D eigenvalue weighted by atomic mass is 10.1. The molecule has 21 heavy (non-hydrogen) atoms. The minimum Gasteiger partial charge on any atom is -0.496 e. The maximum Gasteiger partial charge on any atom is 0.255 e. The SMILES string of the molecule is CCc1ccc(CNC(=O)c2cc(N)ccc2OC)cc1. The van der Waals surface area contributed by atoms with Crippen LogP contribution in [-0.2, 0) is 13.0 Å². The fourth-order valence-electron chi connectivity index (χ4n) is 2.07. The van der Waals surface area contributed by atoms with Crippen molar-refractivity contribution >= 4 is 11.6 Å². The van der Waals surface area contributed by atoms with Gasteiger partial charge in [0.05, 0.1) is 12.7 Å². The standard InChI is InChI=1S/C17H20N2O2/c1-3-12-4-6-13(7-5-12)11-19-17(20)15-10-14(18)8-9-16(15)21-2/h4-10H,3,11,18H2,1-2H3,(H,19,20). The van der Waals surface area contributed by atoms with Crippen LogP contribution in [-0.4, -0.2) is 13.0 Å². The summed E-state index contributed by atoms with van der Waals surface area (Å²) in [6.45, 7) is 2.59. The molecule has 110 valence electrons. The van der Waals surface area contributed by atoms with Crippen molar-refractivity contribution in [3.8, 4) is 5.75 Å². The van der Waals surface area contributed by atoms with E-state index in [1.807, 2.05) is 12.1 Å². The molecule has 0 unspecified atom stereocenters. The van der Waals surface area contributed by atoms with Gasteiger partial charge in [-0.3, -0.25) is 4.79 Å². The Morgan fingerprint density at radius 2 is 1.81 bits per heavy atom. The van der Waals surface area contributed by atoms with Gasteiger partial charge in [0, 0.05) is 12.2 Å². The number of carbonyl (C=O) groups is 1. The number of anilines is 1. The number of aryl methyl sites for hydroxylation is 1. The zero-order valence-corrected chi connectivity index (χ0v) is 12.3. The van der Waals surface area contributed by atoms with Crippen molar-refractivity contribution in [3.05, 3.63) is 59.2 Å². The van der Waals surface area contributed by atoms with Crippen LogP contribution < -0.4 is 15.8 Å². The highest BCUT2D eigenvalue weighted by atomic mass is 16.5. The molecule has 2 rings (SSSR count). The van der Waals surface area contributed by atoms with Crippen LogP contribution in [0.3, 0.4) is 0 Å². The Labute approximate surface area is 124 Å². The molecule has 2 aromatic carbocycles. The molecule has 0 saturated heterocycles. The highest BCUT2D eigenvalue weighted by Gasteiger charge is 2.12. The number of hydrogen-bond donors (Lipinski definition) is 2. The Bertz CT molecular complexity index is 621. The van der Waals surface area contributed by atoms with E-state index >= 15 is 0 Å². The van der Waals surface area contributed by atoms with E-state index in [1.54, 1.807) is 18.2 Å². The summed E-state index contributed by atoms with van der Waals surface area (Å²) in [7, 11) is 1.53. The first-order valence-electron chi connectivity index (χ1n) is 6.93. The average molecular weight is 284 g/mol. The molecule has 0 aliphatic carbocycles. The molecule has 0 bridgehead atoms. The second kappa shape index (κ2) is 6.79. The Morgan fingerprint density at radius 3 is 2.43 bits per heavy atom. The molecular formula is C17H20N2O2. The van der Waals surface area contributed by atoms with Crippen molar-refractivity contribution in [1.82, 2.24) is 5.32 Å². The van der Waals surface area contributed by atoms with Crippen molar-refractivity contribution < 1.29 is 9.53 Å². The summed E-state index contributed by atoms with van der Waals surface area (Å²) in [5.74, 6) is 0.321. The van der Waals surface area contributed by atoms with E-state index in [4.69, 9.17) is 10.5 Å². The molecule has 4 heteroatoms. The van der Waals surface area contributed by atoms with Gasteiger partial charge in [-0.2, -0.15) is 0 Å². The third-order valence-electron chi connectivity index (χ3n) is 3.35. The summed E-state index contributed by atoms with van der Waals surface area (Å²) < 4.78 is 5.19. The zero-order valence-electron chi connectivity index (χ0n) is 12.3. The molecule has 0 fully saturated rings. The van der Waals surface area contributed by atoms with Crippen LogP contribution in [0.2, 0.25) is 0 Å². The fraction of sp³-hybridized carbons (Fsp3) is 0.235. The van der Waals surface area contributed by atoms with Crippen LogP contribution in [0, 0.1) is 0 Å². The Hall–Kier alpha value is -2.49. The van der Waals surface area contributed by atoms with Gasteiger partial charge in [-0.15, -0.1) is 0 Å². The molecule has 0 radical (unpaired) electrons. The summed E-state index contributed by atoms with van der Waals surface area (Å²) in [4.78, 5) is 12.2. The summed E-state index contributed by atoms with van der Waals surface area (Å²) in [5, 5.41) is 2.88. The van der Waals surface area contributed by atoms with Gasteiger partial charge in [-0.1, -0.05) is 31.2 Å². The molecule has 1 amide bonds. The van der Waals surface area contributed by atoms with Gasteiger partial charge >= 0.3 is 0 Å². The fourth-order valence-corrected chi connectivity index (χ4v) is 2.07. The lowest BCUT2D eigenvalue weighted by Gasteiger charge is -2.10. The summed E-state index contributed by atoms with van der Waals surface area (Å²) in [6, 6.07) is 13.2. The molecule has 0 aromatic heterocycles. The molecule has 0 spiro atoms. The second-order valence-electron chi connectivity index (χ2n) is 4.81. The van der Waals surface area contributed by atoms with Gasteiger partial charge in [0.1, 0.15) is 5.75 Å². The third-order valence-corrected chi connectivity index (χ3v) is 3.35. The Morgan fingerprint density at radius 1 is 1.14 bits per heavy atom. The molecule has 3 N–H and O–H groups in total. The largest absolute Gasteiger partial charge is 0.496 e. The van der Waals surface area contributed by atoms with E-state index in [9.17, 15) is 4.79 Å². The first-order chi connectivity index (χ1) is 10.1. The maximum absolute atomic E-state index is 12.2. The van der Waals surface area contributed by atoms with Gasteiger partial charge in [0.2, 0.25) is 0 Å². The molecule has 0 saturated carbocycles. The minimum atomic E-state index is -0.196. The van der Waals surface area contributed by atoms with Crippen molar-refractivity contribution in [1.29, 1.82) is 0 Å².